The van der Waals surface area contributed by atoms with E-state index in [4.69, 9.17) is 4.42 Å². The summed E-state index contributed by atoms with van der Waals surface area (Å²) < 4.78 is 6.54. The molecule has 0 unspecified atom stereocenters. The van der Waals surface area contributed by atoms with E-state index in [0.29, 0.717) is 0 Å². The maximum Gasteiger partial charge on any atom is 0.181 e. The van der Waals surface area contributed by atoms with Crippen molar-refractivity contribution < 1.29 is 4.42 Å². The van der Waals surface area contributed by atoms with Gasteiger partial charge in [0.05, 0.1) is 8.66 Å². The van der Waals surface area contributed by atoms with Crippen LogP contribution in [0, 0.1) is 0 Å². The molecule has 0 radical (unpaired) electrons. The van der Waals surface area contributed by atoms with Crippen LogP contribution in [0.15, 0.2) is 26.7 Å². The van der Waals surface area contributed by atoms with Crippen LogP contribution in [0.5, 0.6) is 0 Å². The molecule has 0 saturated heterocycles. The average Bonchev–Trinajstić information content (AvgIpc) is 2.87. The summed E-state index contributed by atoms with van der Waals surface area (Å²) in [6.45, 7) is 3.91. The first-order chi connectivity index (χ1) is 7.81. The molecule has 5 heteroatoms. The highest BCUT2D eigenvalue weighted by Crippen LogP contribution is 2.32. The second-order valence-electron chi connectivity index (χ2n) is 3.41. The van der Waals surface area contributed by atoms with Crippen molar-refractivity contribution in [1.82, 2.24) is 10.3 Å². The molecule has 16 heavy (non-hydrogen) atoms. The van der Waals surface area contributed by atoms with E-state index in [1.807, 2.05) is 12.1 Å². The minimum absolute atomic E-state index is 0.759. The maximum absolute atomic E-state index is 5.43. The van der Waals surface area contributed by atoms with Crippen LogP contribution in [0.2, 0.25) is 0 Å². The van der Waals surface area contributed by atoms with E-state index < -0.39 is 0 Å². The topological polar surface area (TPSA) is 38.1 Å². The van der Waals surface area contributed by atoms with Crippen LogP contribution < -0.4 is 5.32 Å². The zero-order chi connectivity index (χ0) is 11.4. The van der Waals surface area contributed by atoms with Crippen molar-refractivity contribution in [1.29, 1.82) is 0 Å². The Balaban J connectivity index is 2.12. The smallest absolute Gasteiger partial charge is 0.181 e. The van der Waals surface area contributed by atoms with Crippen LogP contribution in [-0.4, -0.2) is 11.5 Å². The van der Waals surface area contributed by atoms with E-state index >= 15 is 0 Å². The third-order valence-corrected chi connectivity index (χ3v) is 3.78. The van der Waals surface area contributed by atoms with Gasteiger partial charge in [-0.2, -0.15) is 0 Å². The Morgan fingerprint density at radius 2 is 2.38 bits per heavy atom. The molecule has 2 heterocycles. The third kappa shape index (κ3) is 2.72. The quantitative estimate of drug-likeness (QED) is 0.856. The predicted molar refractivity (Wildman–Crippen MR) is 69.5 cm³/mol. The van der Waals surface area contributed by atoms with Crippen molar-refractivity contribution in [2.24, 2.45) is 0 Å². The van der Waals surface area contributed by atoms with Crippen molar-refractivity contribution in [3.8, 4) is 10.6 Å². The molecule has 0 fully saturated rings. The van der Waals surface area contributed by atoms with Gasteiger partial charge < -0.3 is 9.73 Å². The van der Waals surface area contributed by atoms with E-state index in [-0.39, 0.29) is 0 Å². The average molecular weight is 301 g/mol. The Morgan fingerprint density at radius 3 is 3.06 bits per heavy atom. The molecule has 0 aliphatic heterocycles. The van der Waals surface area contributed by atoms with Gasteiger partial charge >= 0.3 is 0 Å². The minimum atomic E-state index is 0.759. The Hall–Kier alpha value is -0.650. The van der Waals surface area contributed by atoms with E-state index in [9.17, 15) is 0 Å². The molecule has 0 aliphatic carbocycles. The number of nitrogens with one attached hydrogen (secondary N) is 1. The normalized spacial score (nSPS) is 10.9. The van der Waals surface area contributed by atoms with Gasteiger partial charge in [0.1, 0.15) is 5.69 Å². The fourth-order valence-electron chi connectivity index (χ4n) is 1.42. The highest BCUT2D eigenvalue weighted by molar-refractivity contribution is 9.11. The minimum Gasteiger partial charge on any atom is -0.442 e. The van der Waals surface area contributed by atoms with E-state index in [1.165, 1.54) is 6.39 Å². The lowest BCUT2D eigenvalue weighted by Crippen LogP contribution is -2.14. The van der Waals surface area contributed by atoms with Crippen molar-refractivity contribution in [2.45, 2.75) is 19.9 Å². The molecule has 2 aromatic rings. The Labute approximate surface area is 107 Å². The number of oxazole rings is 1. The molecule has 0 atom stereocenters. The number of hydrogen-bond donors (Lipinski definition) is 1. The van der Waals surface area contributed by atoms with Crippen LogP contribution in [0.1, 0.15) is 19.0 Å². The molecule has 0 saturated carbocycles. The molecule has 0 amide bonds. The van der Waals surface area contributed by atoms with Crippen molar-refractivity contribution in [3.63, 3.8) is 0 Å². The highest BCUT2D eigenvalue weighted by atomic mass is 79.9. The lowest BCUT2D eigenvalue weighted by Gasteiger charge is -2.00. The van der Waals surface area contributed by atoms with E-state index in [2.05, 4.69) is 33.2 Å². The van der Waals surface area contributed by atoms with Crippen LogP contribution >= 0.6 is 27.3 Å². The Morgan fingerprint density at radius 1 is 1.50 bits per heavy atom. The number of halogens is 1. The number of aromatic nitrogens is 1. The molecule has 0 spiro atoms. The third-order valence-electron chi connectivity index (χ3n) is 2.16. The lowest BCUT2D eigenvalue weighted by molar-refractivity contribution is 0.570. The SMILES string of the molecule is CCCNCc1ncoc1-c1ccc(Br)s1. The lowest BCUT2D eigenvalue weighted by atomic mass is 10.3. The fourth-order valence-corrected chi connectivity index (χ4v) is 2.81. The predicted octanol–water partition coefficient (Wildman–Crippen LogP) is 3.67. The zero-order valence-electron chi connectivity index (χ0n) is 9.00. The molecule has 2 aromatic heterocycles. The summed E-state index contributed by atoms with van der Waals surface area (Å²) in [5.41, 5.74) is 0.975. The molecular formula is C11H13BrN2OS. The maximum atomic E-state index is 5.43. The van der Waals surface area contributed by atoms with Gasteiger partial charge in [-0.15, -0.1) is 11.3 Å². The van der Waals surface area contributed by atoms with Crippen molar-refractivity contribution >= 4 is 27.3 Å². The summed E-state index contributed by atoms with van der Waals surface area (Å²) >= 11 is 5.10. The Kier molecular flexibility index (Phi) is 4.15. The van der Waals surface area contributed by atoms with Crippen molar-refractivity contribution in [3.05, 3.63) is 28.0 Å². The van der Waals surface area contributed by atoms with Crippen LogP contribution in [0.25, 0.3) is 10.6 Å². The van der Waals surface area contributed by atoms with Gasteiger partial charge in [-0.1, -0.05) is 6.92 Å². The number of nitrogens with zero attached hydrogens (tertiary/aromatic N) is 1. The molecule has 1 N–H and O–H groups in total. The first-order valence-corrected chi connectivity index (χ1v) is 6.81. The van der Waals surface area contributed by atoms with E-state index in [0.717, 1.165) is 39.6 Å². The van der Waals surface area contributed by atoms with Gasteiger partial charge in [0.2, 0.25) is 0 Å². The first kappa shape index (κ1) is 11.8. The number of hydrogen-bond acceptors (Lipinski definition) is 4. The van der Waals surface area contributed by atoms with Crippen LogP contribution in [0.3, 0.4) is 0 Å². The molecule has 0 bridgehead atoms. The standard InChI is InChI=1S/C11H13BrN2OS/c1-2-5-13-6-8-11(15-7-14-8)9-3-4-10(12)16-9/h3-4,7,13H,2,5-6H2,1H3. The van der Waals surface area contributed by atoms with Gasteiger partial charge in [-0.3, -0.25) is 0 Å². The Bertz CT molecular complexity index is 452. The monoisotopic (exact) mass is 300 g/mol. The van der Waals surface area contributed by atoms with Crippen LogP contribution in [-0.2, 0) is 6.54 Å². The van der Waals surface area contributed by atoms with Gasteiger partial charge in [0, 0.05) is 6.54 Å². The fraction of sp³-hybridized carbons (Fsp3) is 0.364. The summed E-state index contributed by atoms with van der Waals surface area (Å²) in [5, 5.41) is 3.32. The molecule has 2 rings (SSSR count). The summed E-state index contributed by atoms with van der Waals surface area (Å²) in [7, 11) is 0. The van der Waals surface area contributed by atoms with E-state index in [1.54, 1.807) is 11.3 Å². The summed E-state index contributed by atoms with van der Waals surface area (Å²) in [6.07, 6.45) is 2.63. The number of rotatable bonds is 5. The second kappa shape index (κ2) is 5.61. The second-order valence-corrected chi connectivity index (χ2v) is 5.87. The van der Waals surface area contributed by atoms with Gasteiger partial charge in [-0.05, 0) is 41.0 Å². The first-order valence-electron chi connectivity index (χ1n) is 5.20. The molecule has 0 aromatic carbocycles. The van der Waals surface area contributed by atoms with Crippen LogP contribution in [0.4, 0.5) is 0 Å². The molecular weight excluding hydrogens is 288 g/mol. The summed E-state index contributed by atoms with van der Waals surface area (Å²) in [5.74, 6) is 0.874. The zero-order valence-corrected chi connectivity index (χ0v) is 11.4. The summed E-state index contributed by atoms with van der Waals surface area (Å²) in [6, 6.07) is 4.06. The summed E-state index contributed by atoms with van der Waals surface area (Å²) in [4.78, 5) is 5.34. The highest BCUT2D eigenvalue weighted by Gasteiger charge is 2.12. The molecule has 0 aliphatic rings. The largest absolute Gasteiger partial charge is 0.442 e. The van der Waals surface area contributed by atoms with Gasteiger partial charge in [0.15, 0.2) is 12.2 Å². The van der Waals surface area contributed by atoms with Gasteiger partial charge in [-0.25, -0.2) is 4.98 Å². The van der Waals surface area contributed by atoms with Crippen molar-refractivity contribution in [2.75, 3.05) is 6.54 Å². The van der Waals surface area contributed by atoms with Gasteiger partial charge in [0.25, 0.3) is 0 Å². The molecule has 86 valence electrons. The molecule has 3 nitrogen and oxygen atoms in total. The number of thiophene rings is 1.